The molecule has 154 valence electrons. The highest BCUT2D eigenvalue weighted by molar-refractivity contribution is 6.05. The van der Waals surface area contributed by atoms with Crippen LogP contribution in [0.4, 0.5) is 11.6 Å². The Bertz CT molecular complexity index is 1290. The summed E-state index contributed by atoms with van der Waals surface area (Å²) >= 11 is 0. The van der Waals surface area contributed by atoms with Crippen LogP contribution in [0.15, 0.2) is 66.7 Å². The van der Waals surface area contributed by atoms with E-state index in [1.165, 1.54) is 4.68 Å². The molecular weight excluding hydrogens is 394 g/mol. The Morgan fingerprint density at radius 2 is 1.87 bits per heavy atom. The topological polar surface area (TPSA) is 98.1 Å². The first-order chi connectivity index (χ1) is 15.1. The molecule has 0 saturated heterocycles. The highest BCUT2D eigenvalue weighted by atomic mass is 16.5. The van der Waals surface area contributed by atoms with Gasteiger partial charge in [-0.2, -0.15) is 4.98 Å². The highest BCUT2D eigenvalue weighted by Crippen LogP contribution is 2.30. The number of aromatic nitrogens is 3. The van der Waals surface area contributed by atoms with E-state index in [0.29, 0.717) is 17.5 Å². The lowest BCUT2D eigenvalue weighted by Crippen LogP contribution is -2.23. The first-order valence-corrected chi connectivity index (χ1v) is 9.82. The molecule has 1 aliphatic rings. The number of amides is 2. The van der Waals surface area contributed by atoms with Crippen molar-refractivity contribution in [2.75, 3.05) is 17.7 Å². The maximum absolute atomic E-state index is 12.7. The van der Waals surface area contributed by atoms with Gasteiger partial charge in [-0.25, -0.2) is 4.68 Å². The summed E-state index contributed by atoms with van der Waals surface area (Å²) in [5, 5.41) is 12.1. The molecule has 2 heterocycles. The van der Waals surface area contributed by atoms with E-state index in [-0.39, 0.29) is 18.2 Å². The number of rotatable bonds is 5. The van der Waals surface area contributed by atoms with Crippen LogP contribution < -0.4 is 15.4 Å². The predicted molar refractivity (Wildman–Crippen MR) is 117 cm³/mol. The number of carbonyl (C=O) groups excluding carboxylic acids is 2. The number of hydrogen-bond donors (Lipinski definition) is 2. The van der Waals surface area contributed by atoms with Gasteiger partial charge in [-0.05, 0) is 35.7 Å². The Kier molecular flexibility index (Phi) is 4.59. The largest absolute Gasteiger partial charge is 0.497 e. The molecule has 0 bridgehead atoms. The van der Waals surface area contributed by atoms with Gasteiger partial charge in [-0.15, -0.1) is 5.10 Å². The number of benzene rings is 3. The van der Waals surface area contributed by atoms with Crippen LogP contribution in [0.1, 0.15) is 12.5 Å². The van der Waals surface area contributed by atoms with Crippen LogP contribution in [0, 0.1) is 0 Å². The van der Waals surface area contributed by atoms with Crippen molar-refractivity contribution < 1.29 is 14.3 Å². The number of nitrogens with one attached hydrogen (secondary N) is 2. The molecule has 2 amide bonds. The standard InChI is InChI=1S/C23H19N5O3/c1-31-16-11-9-15(10-12-16)21-25-23-26-22(30)19(28(23)27-21)13-20(29)24-18-8-4-6-14-5-2-3-7-17(14)18/h2-12,19H,13H2,1H3,(H,24,29)(H,25,26,27,30)/t19-/m1/s1. The van der Waals surface area contributed by atoms with Crippen molar-refractivity contribution in [3.8, 4) is 17.1 Å². The number of carbonyl (C=O) groups is 2. The van der Waals surface area contributed by atoms with Gasteiger partial charge in [0.05, 0.1) is 13.5 Å². The fourth-order valence-electron chi connectivity index (χ4n) is 3.68. The van der Waals surface area contributed by atoms with Gasteiger partial charge in [0, 0.05) is 16.6 Å². The van der Waals surface area contributed by atoms with Gasteiger partial charge in [0.25, 0.3) is 5.91 Å². The average Bonchev–Trinajstić information content (AvgIpc) is 3.32. The summed E-state index contributed by atoms with van der Waals surface area (Å²) in [5.41, 5.74) is 1.50. The molecule has 0 spiro atoms. The van der Waals surface area contributed by atoms with Crippen LogP contribution in [0.25, 0.3) is 22.2 Å². The second-order valence-electron chi connectivity index (χ2n) is 7.22. The third-order valence-corrected chi connectivity index (χ3v) is 5.25. The van der Waals surface area contributed by atoms with Crippen molar-refractivity contribution in [2.45, 2.75) is 12.5 Å². The van der Waals surface area contributed by atoms with E-state index in [1.807, 2.05) is 66.7 Å². The summed E-state index contributed by atoms with van der Waals surface area (Å²) in [5.74, 6) is 0.956. The zero-order chi connectivity index (χ0) is 21.4. The Morgan fingerprint density at radius 1 is 1.10 bits per heavy atom. The van der Waals surface area contributed by atoms with Gasteiger partial charge < -0.3 is 10.1 Å². The van der Waals surface area contributed by atoms with Crippen molar-refractivity contribution in [2.24, 2.45) is 0 Å². The normalized spacial score (nSPS) is 14.9. The number of ether oxygens (including phenoxy) is 1. The molecular formula is C23H19N5O3. The van der Waals surface area contributed by atoms with Crippen molar-refractivity contribution in [3.63, 3.8) is 0 Å². The molecule has 0 radical (unpaired) electrons. The Balaban J connectivity index is 1.36. The summed E-state index contributed by atoms with van der Waals surface area (Å²) in [4.78, 5) is 29.6. The molecule has 1 atom stereocenters. The van der Waals surface area contributed by atoms with Crippen LogP contribution in [-0.4, -0.2) is 33.7 Å². The van der Waals surface area contributed by atoms with Crippen LogP contribution in [0.2, 0.25) is 0 Å². The number of fused-ring (bicyclic) bond motifs is 2. The Hall–Kier alpha value is -4.20. The molecule has 3 aromatic carbocycles. The molecule has 0 aliphatic carbocycles. The number of anilines is 2. The quantitative estimate of drug-likeness (QED) is 0.521. The Labute approximate surface area is 177 Å². The van der Waals surface area contributed by atoms with Gasteiger partial charge in [0.2, 0.25) is 11.9 Å². The maximum atomic E-state index is 12.7. The lowest BCUT2D eigenvalue weighted by molar-refractivity contribution is -0.123. The lowest BCUT2D eigenvalue weighted by atomic mass is 10.1. The minimum atomic E-state index is -0.760. The molecule has 2 N–H and O–H groups in total. The molecule has 0 unspecified atom stereocenters. The van der Waals surface area contributed by atoms with E-state index in [2.05, 4.69) is 20.7 Å². The predicted octanol–water partition coefficient (Wildman–Crippen LogP) is 3.63. The van der Waals surface area contributed by atoms with E-state index in [9.17, 15) is 9.59 Å². The van der Waals surface area contributed by atoms with Gasteiger partial charge in [0.1, 0.15) is 11.8 Å². The zero-order valence-electron chi connectivity index (χ0n) is 16.7. The number of methoxy groups -OCH3 is 1. The summed E-state index contributed by atoms with van der Waals surface area (Å²) in [6.07, 6.45) is -0.0481. The van der Waals surface area contributed by atoms with Gasteiger partial charge in [0.15, 0.2) is 5.82 Å². The summed E-state index contributed by atoms with van der Waals surface area (Å²) in [6, 6.07) is 20.1. The summed E-state index contributed by atoms with van der Waals surface area (Å²) in [7, 11) is 1.60. The van der Waals surface area contributed by atoms with E-state index >= 15 is 0 Å². The first kappa shape index (κ1) is 18.8. The molecule has 5 rings (SSSR count). The van der Waals surface area contributed by atoms with Crippen molar-refractivity contribution in [1.29, 1.82) is 0 Å². The minimum absolute atomic E-state index is 0.0481. The second kappa shape index (κ2) is 7.56. The highest BCUT2D eigenvalue weighted by Gasteiger charge is 2.35. The van der Waals surface area contributed by atoms with Gasteiger partial charge >= 0.3 is 0 Å². The fourth-order valence-corrected chi connectivity index (χ4v) is 3.68. The average molecular weight is 413 g/mol. The fraction of sp³-hybridized carbons (Fsp3) is 0.130. The van der Waals surface area contributed by atoms with Crippen LogP contribution in [-0.2, 0) is 9.59 Å². The monoisotopic (exact) mass is 413 g/mol. The van der Waals surface area contributed by atoms with Crippen molar-refractivity contribution in [1.82, 2.24) is 14.8 Å². The van der Waals surface area contributed by atoms with Crippen LogP contribution in [0.5, 0.6) is 5.75 Å². The van der Waals surface area contributed by atoms with Crippen LogP contribution in [0.3, 0.4) is 0 Å². The summed E-state index contributed by atoms with van der Waals surface area (Å²) in [6.45, 7) is 0. The van der Waals surface area contributed by atoms with Crippen molar-refractivity contribution >= 4 is 34.2 Å². The van der Waals surface area contributed by atoms with Crippen LogP contribution >= 0.6 is 0 Å². The lowest BCUT2D eigenvalue weighted by Gasteiger charge is -2.11. The summed E-state index contributed by atoms with van der Waals surface area (Å²) < 4.78 is 6.65. The van der Waals surface area contributed by atoms with E-state index in [0.717, 1.165) is 22.1 Å². The smallest absolute Gasteiger partial charge is 0.252 e. The third-order valence-electron chi connectivity index (χ3n) is 5.25. The second-order valence-corrected chi connectivity index (χ2v) is 7.22. The van der Waals surface area contributed by atoms with E-state index in [4.69, 9.17) is 4.74 Å². The van der Waals surface area contributed by atoms with Gasteiger partial charge in [-0.3, -0.25) is 14.9 Å². The Morgan fingerprint density at radius 3 is 2.68 bits per heavy atom. The molecule has 8 nitrogen and oxygen atoms in total. The molecule has 1 aliphatic heterocycles. The van der Waals surface area contributed by atoms with Gasteiger partial charge in [-0.1, -0.05) is 36.4 Å². The SMILES string of the molecule is COc1ccc(-c2nc3n(n2)[C@H](CC(=O)Nc2cccc4ccccc24)C(=O)N3)cc1. The zero-order valence-corrected chi connectivity index (χ0v) is 16.7. The number of hydrogen-bond acceptors (Lipinski definition) is 5. The molecule has 31 heavy (non-hydrogen) atoms. The molecule has 4 aromatic rings. The molecule has 1 aromatic heterocycles. The first-order valence-electron chi connectivity index (χ1n) is 9.82. The maximum Gasteiger partial charge on any atom is 0.252 e. The third kappa shape index (κ3) is 3.48. The molecule has 0 saturated carbocycles. The van der Waals surface area contributed by atoms with E-state index < -0.39 is 6.04 Å². The van der Waals surface area contributed by atoms with E-state index in [1.54, 1.807) is 7.11 Å². The minimum Gasteiger partial charge on any atom is -0.497 e. The number of nitrogens with zero attached hydrogens (tertiary/aromatic N) is 3. The molecule has 8 heteroatoms. The molecule has 0 fully saturated rings. The van der Waals surface area contributed by atoms with Crippen molar-refractivity contribution in [3.05, 3.63) is 66.7 Å².